The Labute approximate surface area is 72.6 Å². The quantitative estimate of drug-likeness (QED) is 0.288. The van der Waals surface area contributed by atoms with Crippen molar-refractivity contribution in [3.63, 3.8) is 0 Å². The van der Waals surface area contributed by atoms with Crippen LogP contribution in [0.25, 0.3) is 4.85 Å². The molecule has 68 valence electrons. The van der Waals surface area contributed by atoms with Crippen LogP contribution in [0, 0.1) is 6.57 Å². The first-order valence-corrected chi connectivity index (χ1v) is 3.29. The van der Waals surface area contributed by atoms with Gasteiger partial charge < -0.3 is 5.73 Å². The van der Waals surface area contributed by atoms with E-state index in [4.69, 9.17) is 12.3 Å². The maximum atomic E-state index is 12.2. The van der Waals surface area contributed by atoms with Gasteiger partial charge in [-0.15, -0.1) is 0 Å². The molecule has 1 aromatic carbocycles. The van der Waals surface area contributed by atoms with Crippen molar-refractivity contribution in [1.29, 1.82) is 0 Å². The lowest BCUT2D eigenvalue weighted by Crippen LogP contribution is -2.05. The summed E-state index contributed by atoms with van der Waals surface area (Å²) in [6.07, 6.45) is -4.52. The van der Waals surface area contributed by atoms with Gasteiger partial charge in [-0.2, -0.15) is 13.2 Å². The molecule has 0 heterocycles. The van der Waals surface area contributed by atoms with Crippen LogP contribution in [0.3, 0.4) is 0 Å². The molecule has 0 aliphatic heterocycles. The van der Waals surface area contributed by atoms with Crippen LogP contribution in [0.5, 0.6) is 0 Å². The summed E-state index contributed by atoms with van der Waals surface area (Å²) in [5.41, 5.74) is 3.76. The van der Waals surface area contributed by atoms with Crippen LogP contribution in [0.2, 0.25) is 0 Å². The molecule has 0 amide bonds. The van der Waals surface area contributed by atoms with E-state index in [1.807, 2.05) is 0 Å². The first kappa shape index (κ1) is 9.39. The van der Waals surface area contributed by atoms with Crippen molar-refractivity contribution in [2.45, 2.75) is 6.18 Å². The predicted octanol–water partition coefficient (Wildman–Crippen LogP) is 2.84. The Morgan fingerprint density at radius 2 is 1.92 bits per heavy atom. The van der Waals surface area contributed by atoms with Gasteiger partial charge in [-0.3, -0.25) is 0 Å². The number of nitrogen functional groups attached to an aromatic ring is 1. The van der Waals surface area contributed by atoms with Crippen molar-refractivity contribution in [2.75, 3.05) is 5.73 Å². The summed E-state index contributed by atoms with van der Waals surface area (Å²) in [7, 11) is 0. The van der Waals surface area contributed by atoms with Crippen molar-refractivity contribution in [1.82, 2.24) is 0 Å². The van der Waals surface area contributed by atoms with Gasteiger partial charge in [-0.1, -0.05) is 6.07 Å². The van der Waals surface area contributed by atoms with E-state index < -0.39 is 17.4 Å². The predicted molar refractivity (Wildman–Crippen MR) is 42.1 cm³/mol. The van der Waals surface area contributed by atoms with E-state index in [2.05, 4.69) is 4.85 Å². The summed E-state index contributed by atoms with van der Waals surface area (Å²) < 4.78 is 36.6. The topological polar surface area (TPSA) is 30.4 Å². The van der Waals surface area contributed by atoms with Gasteiger partial charge in [0.25, 0.3) is 0 Å². The van der Waals surface area contributed by atoms with Gasteiger partial charge >= 0.3 is 6.18 Å². The highest BCUT2D eigenvalue weighted by atomic mass is 19.4. The minimum Gasteiger partial charge on any atom is -0.399 e. The highest BCUT2D eigenvalue weighted by Gasteiger charge is 2.33. The molecular weight excluding hydrogens is 183 g/mol. The zero-order valence-corrected chi connectivity index (χ0v) is 6.39. The number of nitrogens with two attached hydrogens (primary N) is 1. The molecule has 0 bridgehead atoms. The third kappa shape index (κ3) is 1.90. The van der Waals surface area contributed by atoms with Crippen molar-refractivity contribution in [3.05, 3.63) is 35.2 Å². The number of hydrogen-bond acceptors (Lipinski definition) is 1. The average molecular weight is 188 g/mol. The lowest BCUT2D eigenvalue weighted by Gasteiger charge is -2.08. The van der Waals surface area contributed by atoms with E-state index in [0.29, 0.717) is 0 Å². The fourth-order valence-corrected chi connectivity index (χ4v) is 0.878. The Kier molecular flexibility index (Phi) is 2.15. The number of hydrogen-bond donors (Lipinski definition) is 1. The monoisotopic (exact) mass is 188 g/mol. The molecule has 1 aromatic rings. The van der Waals surface area contributed by atoms with E-state index in [1.54, 1.807) is 0 Å². The van der Waals surface area contributed by atoms with Gasteiger partial charge in [-0.05, 0) is 12.1 Å². The summed E-state index contributed by atoms with van der Waals surface area (Å²) in [5, 5.41) is 0. The standard InChI is InChI=1S/C8H5F3N2/c1-13-7-3-2-5(12)4-6(7)8(9,10)11/h2-4H,12H2/i1+1,13+1. The van der Waals surface area contributed by atoms with E-state index in [1.165, 1.54) is 6.07 Å². The number of benzene rings is 1. The first-order valence-electron chi connectivity index (χ1n) is 3.29. The van der Waals surface area contributed by atoms with Crippen LogP contribution in [-0.2, 0) is 6.18 Å². The van der Waals surface area contributed by atoms with Crippen molar-refractivity contribution < 1.29 is 13.2 Å². The zero-order valence-electron chi connectivity index (χ0n) is 6.39. The molecule has 0 unspecified atom stereocenters. The normalized spacial score (nSPS) is 10.9. The summed E-state index contributed by atoms with van der Waals surface area (Å²) >= 11 is 0. The van der Waals surface area contributed by atoms with Crippen LogP contribution < -0.4 is 5.73 Å². The lowest BCUT2D eigenvalue weighted by molar-refractivity contribution is -0.136. The number of nitrogens with zero attached hydrogens (tertiary/aromatic N) is 1. The van der Waals surface area contributed by atoms with Crippen molar-refractivity contribution in [3.8, 4) is 0 Å². The Bertz CT molecular complexity index is 363. The number of anilines is 1. The summed E-state index contributed by atoms with van der Waals surface area (Å²) in [6, 6.07) is 3.08. The third-order valence-electron chi connectivity index (χ3n) is 1.45. The molecule has 0 aliphatic carbocycles. The van der Waals surface area contributed by atoms with E-state index in [9.17, 15) is 13.2 Å². The maximum Gasteiger partial charge on any atom is 0.407 e. The minimum absolute atomic E-state index is 0.000255. The second kappa shape index (κ2) is 2.98. The zero-order chi connectivity index (χ0) is 10.1. The number of alkyl halides is 3. The molecule has 0 radical (unpaired) electrons. The van der Waals surface area contributed by atoms with Crippen molar-refractivity contribution in [2.24, 2.45) is 0 Å². The van der Waals surface area contributed by atoms with Crippen LogP contribution in [0.1, 0.15) is 5.56 Å². The molecule has 5 heteroatoms. The van der Waals surface area contributed by atoms with Crippen LogP contribution in [-0.4, -0.2) is 0 Å². The second-order valence-electron chi connectivity index (χ2n) is 2.39. The first-order chi connectivity index (χ1) is 5.95. The van der Waals surface area contributed by atoms with Gasteiger partial charge in [0.05, 0.1) is 12.1 Å². The molecular formula is C8H5F3N2. The largest absolute Gasteiger partial charge is 0.407 e. The van der Waals surface area contributed by atoms with E-state index in [0.717, 1.165) is 12.1 Å². The summed E-state index contributed by atoms with van der Waals surface area (Å²) in [6.45, 7) is 6.52. The molecule has 2 N–H and O–H groups in total. The lowest BCUT2D eigenvalue weighted by atomic mass is 10.1. The molecule has 0 aromatic heterocycles. The smallest absolute Gasteiger partial charge is 0.399 e. The third-order valence-corrected chi connectivity index (χ3v) is 1.45. The van der Waals surface area contributed by atoms with Gasteiger partial charge in [0.2, 0.25) is 0 Å². The van der Waals surface area contributed by atoms with Crippen LogP contribution >= 0.6 is 0 Å². The Morgan fingerprint density at radius 1 is 1.31 bits per heavy atom. The molecule has 0 saturated heterocycles. The van der Waals surface area contributed by atoms with Gasteiger partial charge in [-0.25, -0.2) is 4.85 Å². The molecule has 0 fully saturated rings. The molecule has 0 aliphatic rings. The Balaban J connectivity index is 3.35. The highest BCUT2D eigenvalue weighted by Crippen LogP contribution is 2.37. The van der Waals surface area contributed by atoms with Crippen LogP contribution in [0.4, 0.5) is 24.5 Å². The van der Waals surface area contributed by atoms with E-state index >= 15 is 0 Å². The van der Waals surface area contributed by atoms with E-state index in [-0.39, 0.29) is 5.69 Å². The van der Waals surface area contributed by atoms with Gasteiger partial charge in [0.15, 0.2) is 5.69 Å². The summed E-state index contributed by atoms with van der Waals surface area (Å²) in [5.74, 6) is 0. The second-order valence-corrected chi connectivity index (χ2v) is 2.39. The highest BCUT2D eigenvalue weighted by molar-refractivity contribution is 5.59. The molecule has 0 saturated carbocycles. The van der Waals surface area contributed by atoms with Gasteiger partial charge in [0, 0.05) is 5.69 Å². The minimum atomic E-state index is -4.52. The van der Waals surface area contributed by atoms with Crippen molar-refractivity contribution >= 4 is 11.4 Å². The summed E-state index contributed by atoms with van der Waals surface area (Å²) in [4.78, 5) is 2.75. The average Bonchev–Trinajstić information content (AvgIpc) is 2.03. The van der Waals surface area contributed by atoms with Crippen LogP contribution in [0.15, 0.2) is 18.2 Å². The number of rotatable bonds is 0. The Morgan fingerprint density at radius 3 is 2.38 bits per heavy atom. The van der Waals surface area contributed by atoms with Gasteiger partial charge in [0.1, 0.15) is 0 Å². The molecule has 13 heavy (non-hydrogen) atoms. The fraction of sp³-hybridized carbons (Fsp3) is 0.125. The SMILES string of the molecule is [13C-]#[15N+]c1ccc(N)cc1C(F)(F)F. The molecule has 2 nitrogen and oxygen atoms in total. The molecule has 1 rings (SSSR count). The molecule has 0 atom stereocenters. The maximum absolute atomic E-state index is 12.2. The Hall–Kier alpha value is -1.70. The fourth-order valence-electron chi connectivity index (χ4n) is 0.878. The molecule has 0 spiro atoms. The number of halogens is 3.